The Morgan fingerprint density at radius 3 is 2.80 bits per heavy atom. The summed E-state index contributed by atoms with van der Waals surface area (Å²) < 4.78 is 6.62. The van der Waals surface area contributed by atoms with Crippen molar-refractivity contribution >= 4 is 33.0 Å². The van der Waals surface area contributed by atoms with Crippen LogP contribution in [0.2, 0.25) is 5.02 Å². The predicted octanol–water partition coefficient (Wildman–Crippen LogP) is 4.82. The van der Waals surface area contributed by atoms with E-state index in [2.05, 4.69) is 23.7 Å². The lowest BCUT2D eigenvalue weighted by molar-refractivity contribution is 0.170. The van der Waals surface area contributed by atoms with Crippen LogP contribution in [0.1, 0.15) is 24.2 Å². The third-order valence-electron chi connectivity index (χ3n) is 4.28. The molecule has 2 N–H and O–H groups in total. The van der Waals surface area contributed by atoms with Gasteiger partial charge in [-0.15, -0.1) is 11.3 Å². The third kappa shape index (κ3) is 4.33. The summed E-state index contributed by atoms with van der Waals surface area (Å²) in [4.78, 5) is 0. The number of benzene rings is 2. The van der Waals surface area contributed by atoms with Gasteiger partial charge in [-0.3, -0.25) is 0 Å². The maximum atomic E-state index is 10.3. The molecule has 3 rings (SSSR count). The van der Waals surface area contributed by atoms with Crippen LogP contribution in [0.25, 0.3) is 10.1 Å². The van der Waals surface area contributed by atoms with E-state index in [4.69, 9.17) is 16.3 Å². The van der Waals surface area contributed by atoms with Gasteiger partial charge in [0, 0.05) is 17.6 Å². The summed E-state index contributed by atoms with van der Waals surface area (Å²) in [5.41, 5.74) is 2.13. The zero-order valence-electron chi connectivity index (χ0n) is 14.3. The second-order valence-electron chi connectivity index (χ2n) is 6.18. The van der Waals surface area contributed by atoms with E-state index in [0.29, 0.717) is 11.6 Å². The van der Waals surface area contributed by atoms with E-state index < -0.39 is 6.10 Å². The van der Waals surface area contributed by atoms with Gasteiger partial charge in [0.1, 0.15) is 5.75 Å². The number of hydrogen-bond acceptors (Lipinski definition) is 4. The maximum Gasteiger partial charge on any atom is 0.136 e. The van der Waals surface area contributed by atoms with Crippen molar-refractivity contribution in [1.29, 1.82) is 0 Å². The lowest BCUT2D eigenvalue weighted by Gasteiger charge is -2.17. The molecule has 0 saturated heterocycles. The molecule has 132 valence electrons. The van der Waals surface area contributed by atoms with Gasteiger partial charge in [-0.1, -0.05) is 35.9 Å². The fourth-order valence-corrected chi connectivity index (χ4v) is 4.22. The Bertz CT molecular complexity index is 849. The average molecular weight is 376 g/mol. The number of methoxy groups -OCH3 is 1. The molecule has 3 aromatic rings. The molecule has 2 aromatic carbocycles. The number of hydrogen-bond donors (Lipinski definition) is 2. The van der Waals surface area contributed by atoms with Gasteiger partial charge in [-0.2, -0.15) is 0 Å². The van der Waals surface area contributed by atoms with Crippen LogP contribution >= 0.6 is 22.9 Å². The van der Waals surface area contributed by atoms with Crippen LogP contribution in [0.4, 0.5) is 0 Å². The molecule has 1 heterocycles. The van der Waals surface area contributed by atoms with Crippen molar-refractivity contribution in [1.82, 2.24) is 5.32 Å². The summed E-state index contributed by atoms with van der Waals surface area (Å²) in [7, 11) is 1.70. The Morgan fingerprint density at radius 1 is 1.24 bits per heavy atom. The molecule has 25 heavy (non-hydrogen) atoms. The van der Waals surface area contributed by atoms with Crippen LogP contribution in [0.15, 0.2) is 47.8 Å². The van der Waals surface area contributed by atoms with Crippen LogP contribution in [-0.4, -0.2) is 24.8 Å². The van der Waals surface area contributed by atoms with Gasteiger partial charge in [0.05, 0.1) is 17.9 Å². The molecular formula is C20H22ClNO2S. The fraction of sp³-hybridized carbons (Fsp3) is 0.300. The first kappa shape index (κ1) is 18.2. The molecule has 0 aliphatic rings. The molecule has 0 amide bonds. The molecule has 2 unspecified atom stereocenters. The monoisotopic (exact) mass is 375 g/mol. The number of fused-ring (bicyclic) bond motifs is 1. The molecule has 2 atom stereocenters. The fourth-order valence-electron chi connectivity index (χ4n) is 2.95. The minimum Gasteiger partial charge on any atom is -0.495 e. The minimum absolute atomic E-state index is 0.248. The van der Waals surface area contributed by atoms with Crippen molar-refractivity contribution in [2.45, 2.75) is 25.5 Å². The number of aliphatic hydroxyl groups is 1. The summed E-state index contributed by atoms with van der Waals surface area (Å²) in [6, 6.07) is 13.8. The van der Waals surface area contributed by atoms with Crippen molar-refractivity contribution in [3.8, 4) is 5.75 Å². The van der Waals surface area contributed by atoms with E-state index >= 15 is 0 Å². The SMILES string of the molecule is COc1cccc2c(CC(C)NCC(O)c3cccc(Cl)c3)csc12. The van der Waals surface area contributed by atoms with Gasteiger partial charge in [-0.25, -0.2) is 0 Å². The average Bonchev–Trinajstić information content (AvgIpc) is 3.02. The summed E-state index contributed by atoms with van der Waals surface area (Å²) >= 11 is 7.70. The highest BCUT2D eigenvalue weighted by Crippen LogP contribution is 2.34. The van der Waals surface area contributed by atoms with Gasteiger partial charge < -0.3 is 15.2 Å². The summed E-state index contributed by atoms with van der Waals surface area (Å²) in [5, 5.41) is 17.8. The van der Waals surface area contributed by atoms with Crippen LogP contribution in [0, 0.1) is 0 Å². The second kappa shape index (κ2) is 8.19. The first-order valence-electron chi connectivity index (χ1n) is 8.28. The molecule has 0 spiro atoms. The quantitative estimate of drug-likeness (QED) is 0.622. The molecule has 5 heteroatoms. The number of halogens is 1. The smallest absolute Gasteiger partial charge is 0.136 e. The van der Waals surface area contributed by atoms with Gasteiger partial charge in [0.15, 0.2) is 0 Å². The number of nitrogens with one attached hydrogen (secondary N) is 1. The van der Waals surface area contributed by atoms with E-state index in [1.165, 1.54) is 15.6 Å². The molecular weight excluding hydrogens is 354 g/mol. The Labute approximate surface area is 157 Å². The summed E-state index contributed by atoms with van der Waals surface area (Å²) in [5.74, 6) is 0.922. The predicted molar refractivity (Wildman–Crippen MR) is 106 cm³/mol. The first-order chi connectivity index (χ1) is 12.1. The first-order valence-corrected chi connectivity index (χ1v) is 9.54. The van der Waals surface area contributed by atoms with Gasteiger partial charge in [0.2, 0.25) is 0 Å². The van der Waals surface area contributed by atoms with Crippen molar-refractivity contribution < 1.29 is 9.84 Å². The van der Waals surface area contributed by atoms with Crippen molar-refractivity contribution in [3.05, 3.63) is 64.0 Å². The molecule has 3 nitrogen and oxygen atoms in total. The molecule has 0 aliphatic carbocycles. The summed E-state index contributed by atoms with van der Waals surface area (Å²) in [6.07, 6.45) is 0.329. The molecule has 0 saturated carbocycles. The molecule has 1 aromatic heterocycles. The Hall–Kier alpha value is -1.59. The molecule has 0 aliphatic heterocycles. The van der Waals surface area contributed by atoms with E-state index in [1.54, 1.807) is 24.5 Å². The lowest BCUT2D eigenvalue weighted by Crippen LogP contribution is -2.32. The number of rotatable bonds is 7. The maximum absolute atomic E-state index is 10.3. The Kier molecular flexibility index (Phi) is 5.97. The second-order valence-corrected chi connectivity index (χ2v) is 7.50. The van der Waals surface area contributed by atoms with Crippen LogP contribution in [0.5, 0.6) is 5.75 Å². The van der Waals surface area contributed by atoms with Gasteiger partial charge in [0.25, 0.3) is 0 Å². The van der Waals surface area contributed by atoms with E-state index in [-0.39, 0.29) is 6.04 Å². The molecule has 0 fully saturated rings. The van der Waals surface area contributed by atoms with Crippen LogP contribution in [-0.2, 0) is 6.42 Å². The lowest BCUT2D eigenvalue weighted by atomic mass is 10.0. The minimum atomic E-state index is -0.569. The molecule has 0 bridgehead atoms. The zero-order valence-corrected chi connectivity index (χ0v) is 15.9. The standard InChI is InChI=1S/C20H22ClNO2S/c1-13(22-11-18(23)14-5-3-6-16(21)10-14)9-15-12-25-20-17(15)7-4-8-19(20)24-2/h3-8,10,12-13,18,22-23H,9,11H2,1-2H3. The van der Waals surface area contributed by atoms with Crippen LogP contribution < -0.4 is 10.1 Å². The van der Waals surface area contributed by atoms with Crippen molar-refractivity contribution in [3.63, 3.8) is 0 Å². The zero-order chi connectivity index (χ0) is 17.8. The topological polar surface area (TPSA) is 41.5 Å². The number of thiophene rings is 1. The molecule has 0 radical (unpaired) electrons. The highest BCUT2D eigenvalue weighted by molar-refractivity contribution is 7.17. The van der Waals surface area contributed by atoms with Crippen molar-refractivity contribution in [2.24, 2.45) is 0 Å². The number of aliphatic hydroxyl groups excluding tert-OH is 1. The normalized spacial score (nSPS) is 13.8. The number of ether oxygens (including phenoxy) is 1. The Morgan fingerprint density at radius 2 is 2.04 bits per heavy atom. The van der Waals surface area contributed by atoms with Crippen molar-refractivity contribution in [2.75, 3.05) is 13.7 Å². The highest BCUT2D eigenvalue weighted by Gasteiger charge is 2.13. The van der Waals surface area contributed by atoms with Gasteiger partial charge >= 0.3 is 0 Å². The Balaban J connectivity index is 1.62. The largest absolute Gasteiger partial charge is 0.495 e. The van der Waals surface area contributed by atoms with E-state index in [0.717, 1.165) is 17.7 Å². The van der Waals surface area contributed by atoms with E-state index in [9.17, 15) is 5.11 Å². The van der Waals surface area contributed by atoms with Crippen LogP contribution in [0.3, 0.4) is 0 Å². The summed E-state index contributed by atoms with van der Waals surface area (Å²) in [6.45, 7) is 2.63. The highest BCUT2D eigenvalue weighted by atomic mass is 35.5. The van der Waals surface area contributed by atoms with E-state index in [1.807, 2.05) is 30.3 Å². The third-order valence-corrected chi connectivity index (χ3v) is 5.58. The van der Waals surface area contributed by atoms with Gasteiger partial charge in [-0.05, 0) is 53.4 Å².